The summed E-state index contributed by atoms with van der Waals surface area (Å²) in [5.41, 5.74) is 1.70. The van der Waals surface area contributed by atoms with Gasteiger partial charge in [0.1, 0.15) is 0 Å². The molecule has 1 aliphatic heterocycles. The van der Waals surface area contributed by atoms with Crippen LogP contribution in [0, 0.1) is 5.92 Å². The number of hydrogen-bond acceptors (Lipinski definition) is 1. The van der Waals surface area contributed by atoms with E-state index in [0.29, 0.717) is 6.04 Å². The van der Waals surface area contributed by atoms with Gasteiger partial charge >= 0.3 is 0 Å². The molecule has 0 aromatic carbocycles. The van der Waals surface area contributed by atoms with Crippen LogP contribution in [0.3, 0.4) is 0 Å². The van der Waals surface area contributed by atoms with E-state index in [1.54, 1.807) is 5.57 Å². The Morgan fingerprint density at radius 1 is 1.40 bits per heavy atom. The molecule has 1 heterocycles. The maximum atomic E-state index is 3.56. The Morgan fingerprint density at radius 2 is 2.20 bits per heavy atom. The minimum Gasteiger partial charge on any atom is -0.311 e. The van der Waals surface area contributed by atoms with Crippen LogP contribution in [-0.2, 0) is 0 Å². The third kappa shape index (κ3) is 1.10. The van der Waals surface area contributed by atoms with Gasteiger partial charge in [-0.2, -0.15) is 0 Å². The largest absolute Gasteiger partial charge is 0.311 e. The first-order chi connectivity index (χ1) is 4.75. The first-order valence-corrected chi connectivity index (χ1v) is 4.22. The van der Waals surface area contributed by atoms with Crippen LogP contribution in [0.2, 0.25) is 0 Å². The van der Waals surface area contributed by atoms with Crippen molar-refractivity contribution in [1.29, 1.82) is 0 Å². The Morgan fingerprint density at radius 3 is 3.00 bits per heavy atom. The topological polar surface area (TPSA) is 12.0 Å². The lowest BCUT2D eigenvalue weighted by molar-refractivity contribution is 0.465. The predicted molar refractivity (Wildman–Crippen MR) is 42.9 cm³/mol. The van der Waals surface area contributed by atoms with Crippen LogP contribution in [-0.4, -0.2) is 12.1 Å². The second-order valence-electron chi connectivity index (χ2n) is 3.76. The van der Waals surface area contributed by atoms with Gasteiger partial charge in [0.25, 0.3) is 0 Å². The van der Waals surface area contributed by atoms with Crippen LogP contribution < -0.4 is 5.32 Å². The van der Waals surface area contributed by atoms with Crippen molar-refractivity contribution in [3.8, 4) is 0 Å². The summed E-state index contributed by atoms with van der Waals surface area (Å²) in [4.78, 5) is 0. The van der Waals surface area contributed by atoms with Crippen molar-refractivity contribution in [3.63, 3.8) is 0 Å². The first kappa shape index (κ1) is 6.41. The van der Waals surface area contributed by atoms with Gasteiger partial charge in [-0.25, -0.2) is 0 Å². The SMILES string of the molecule is C[C@@H]1CC2C=C2C[C@H](C)N1. The van der Waals surface area contributed by atoms with Crippen LogP contribution in [0.25, 0.3) is 0 Å². The Balaban J connectivity index is 2.01. The molecular formula is C9H15N. The molecule has 0 aromatic heterocycles. The van der Waals surface area contributed by atoms with E-state index in [1.807, 2.05) is 0 Å². The van der Waals surface area contributed by atoms with Crippen molar-refractivity contribution in [1.82, 2.24) is 5.32 Å². The number of nitrogens with one attached hydrogen (secondary N) is 1. The van der Waals surface area contributed by atoms with Crippen LogP contribution >= 0.6 is 0 Å². The van der Waals surface area contributed by atoms with E-state index >= 15 is 0 Å². The number of allylic oxidation sites excluding steroid dienone is 1. The first-order valence-electron chi connectivity index (χ1n) is 4.22. The van der Waals surface area contributed by atoms with Gasteiger partial charge in [0.15, 0.2) is 0 Å². The normalized spacial score (nSPS) is 45.4. The summed E-state index contributed by atoms with van der Waals surface area (Å²) < 4.78 is 0. The lowest BCUT2D eigenvalue weighted by atomic mass is 10.1. The average molecular weight is 137 g/mol. The summed E-state index contributed by atoms with van der Waals surface area (Å²) in [7, 11) is 0. The minimum atomic E-state index is 0.703. The van der Waals surface area contributed by atoms with Crippen molar-refractivity contribution < 1.29 is 0 Å². The number of fused-ring (bicyclic) bond motifs is 1. The molecule has 1 heteroatoms. The van der Waals surface area contributed by atoms with E-state index in [0.717, 1.165) is 12.0 Å². The molecule has 0 bridgehead atoms. The summed E-state index contributed by atoms with van der Waals surface area (Å²) in [6, 6.07) is 1.42. The Bertz CT molecular complexity index is 172. The summed E-state index contributed by atoms with van der Waals surface area (Å²) in [6.07, 6.45) is 5.04. The molecule has 1 saturated heterocycles. The molecule has 1 N–H and O–H groups in total. The molecule has 0 radical (unpaired) electrons. The molecule has 0 amide bonds. The van der Waals surface area contributed by atoms with Gasteiger partial charge in [-0.3, -0.25) is 0 Å². The van der Waals surface area contributed by atoms with E-state index in [4.69, 9.17) is 0 Å². The summed E-state index contributed by atoms with van der Waals surface area (Å²) >= 11 is 0. The molecule has 3 atom stereocenters. The van der Waals surface area contributed by atoms with Crippen molar-refractivity contribution in [2.45, 2.75) is 38.8 Å². The Labute approximate surface area is 62.5 Å². The minimum absolute atomic E-state index is 0.703. The molecule has 1 aliphatic carbocycles. The zero-order chi connectivity index (χ0) is 7.14. The molecule has 10 heavy (non-hydrogen) atoms. The fourth-order valence-corrected chi connectivity index (χ4v) is 2.00. The number of hydrogen-bond donors (Lipinski definition) is 1. The Hall–Kier alpha value is -0.300. The second-order valence-corrected chi connectivity index (χ2v) is 3.76. The highest BCUT2D eigenvalue weighted by molar-refractivity contribution is 5.31. The van der Waals surface area contributed by atoms with Gasteiger partial charge in [0.05, 0.1) is 0 Å². The number of rotatable bonds is 0. The van der Waals surface area contributed by atoms with Crippen molar-refractivity contribution in [3.05, 3.63) is 11.6 Å². The van der Waals surface area contributed by atoms with Crippen molar-refractivity contribution >= 4 is 0 Å². The zero-order valence-electron chi connectivity index (χ0n) is 6.72. The molecule has 0 aromatic rings. The van der Waals surface area contributed by atoms with Crippen LogP contribution in [0.4, 0.5) is 0 Å². The molecular weight excluding hydrogens is 122 g/mol. The molecule has 2 aliphatic rings. The maximum Gasteiger partial charge on any atom is 0.00786 e. The van der Waals surface area contributed by atoms with Gasteiger partial charge < -0.3 is 5.32 Å². The monoisotopic (exact) mass is 137 g/mol. The zero-order valence-corrected chi connectivity index (χ0v) is 6.72. The summed E-state index contributed by atoms with van der Waals surface area (Å²) in [5, 5.41) is 3.56. The molecule has 0 spiro atoms. The van der Waals surface area contributed by atoms with Crippen molar-refractivity contribution in [2.75, 3.05) is 0 Å². The van der Waals surface area contributed by atoms with Gasteiger partial charge in [-0.15, -0.1) is 0 Å². The maximum absolute atomic E-state index is 3.56. The van der Waals surface area contributed by atoms with Crippen LogP contribution in [0.1, 0.15) is 26.7 Å². The highest BCUT2D eigenvalue weighted by atomic mass is 14.9. The van der Waals surface area contributed by atoms with E-state index in [-0.39, 0.29) is 0 Å². The fourth-order valence-electron chi connectivity index (χ4n) is 2.00. The lowest BCUT2D eigenvalue weighted by Crippen LogP contribution is -2.32. The molecule has 1 nitrogen and oxygen atoms in total. The van der Waals surface area contributed by atoms with Crippen LogP contribution in [0.15, 0.2) is 11.6 Å². The summed E-state index contributed by atoms with van der Waals surface area (Å²) in [5.74, 6) is 0.882. The Kier molecular flexibility index (Phi) is 1.34. The third-order valence-corrected chi connectivity index (χ3v) is 2.50. The van der Waals surface area contributed by atoms with Crippen LogP contribution in [0.5, 0.6) is 0 Å². The van der Waals surface area contributed by atoms with Gasteiger partial charge in [0, 0.05) is 12.1 Å². The second kappa shape index (κ2) is 2.09. The van der Waals surface area contributed by atoms with E-state index in [1.165, 1.54) is 12.8 Å². The molecule has 2 rings (SSSR count). The van der Waals surface area contributed by atoms with E-state index in [9.17, 15) is 0 Å². The van der Waals surface area contributed by atoms with Crippen molar-refractivity contribution in [2.24, 2.45) is 5.92 Å². The quantitative estimate of drug-likeness (QED) is 0.501. The van der Waals surface area contributed by atoms with Gasteiger partial charge in [-0.1, -0.05) is 11.6 Å². The fraction of sp³-hybridized carbons (Fsp3) is 0.778. The average Bonchev–Trinajstić information content (AvgIpc) is 2.43. The van der Waals surface area contributed by atoms with E-state index < -0.39 is 0 Å². The highest BCUT2D eigenvalue weighted by Crippen LogP contribution is 2.38. The van der Waals surface area contributed by atoms with Gasteiger partial charge in [0.2, 0.25) is 0 Å². The lowest BCUT2D eigenvalue weighted by Gasteiger charge is -2.15. The molecule has 1 unspecified atom stereocenters. The molecule has 0 saturated carbocycles. The highest BCUT2D eigenvalue weighted by Gasteiger charge is 2.30. The summed E-state index contributed by atoms with van der Waals surface area (Å²) in [6.45, 7) is 4.56. The molecule has 56 valence electrons. The smallest absolute Gasteiger partial charge is 0.00786 e. The third-order valence-electron chi connectivity index (χ3n) is 2.50. The molecule has 1 fully saturated rings. The van der Waals surface area contributed by atoms with Gasteiger partial charge in [-0.05, 0) is 32.6 Å². The standard InChI is InChI=1S/C9H15N/c1-6-3-8-5-9(8)4-7(2)10-6/h5-8,10H,3-4H2,1-2H3/t6-,7+,8?/m1/s1. The van der Waals surface area contributed by atoms with E-state index in [2.05, 4.69) is 25.2 Å². The predicted octanol–water partition coefficient (Wildman–Crippen LogP) is 1.70.